The second-order valence-electron chi connectivity index (χ2n) is 4.57. The number of nitrogens with zero attached hydrogens (tertiary/aromatic N) is 1. The second-order valence-corrected chi connectivity index (χ2v) is 6.78. The predicted molar refractivity (Wildman–Crippen MR) is 75.2 cm³/mol. The van der Waals surface area contributed by atoms with E-state index in [0.717, 1.165) is 19.3 Å². The molecular weight excluding hydrogens is 286 g/mol. The van der Waals surface area contributed by atoms with Gasteiger partial charge in [-0.25, -0.2) is 8.42 Å². The zero-order valence-corrected chi connectivity index (χ0v) is 12.5. The van der Waals surface area contributed by atoms with Crippen LogP contribution in [0.5, 0.6) is 5.75 Å². The van der Waals surface area contributed by atoms with Crippen molar-refractivity contribution in [2.75, 3.05) is 20.2 Å². The molecule has 0 bridgehead atoms. The third kappa shape index (κ3) is 3.04. The van der Waals surface area contributed by atoms with Gasteiger partial charge in [-0.15, -0.1) is 11.6 Å². The van der Waals surface area contributed by atoms with Crippen molar-refractivity contribution in [3.63, 3.8) is 0 Å². The number of benzene rings is 1. The van der Waals surface area contributed by atoms with Crippen LogP contribution in [0.15, 0.2) is 23.1 Å². The van der Waals surface area contributed by atoms with Crippen LogP contribution in [0.2, 0.25) is 0 Å². The van der Waals surface area contributed by atoms with E-state index in [-0.39, 0.29) is 5.88 Å². The Labute approximate surface area is 119 Å². The molecule has 0 N–H and O–H groups in total. The van der Waals surface area contributed by atoms with Gasteiger partial charge in [0, 0.05) is 18.7 Å². The summed E-state index contributed by atoms with van der Waals surface area (Å²) < 4.78 is 31.7. The van der Waals surface area contributed by atoms with Gasteiger partial charge in [-0.1, -0.05) is 6.42 Å². The Morgan fingerprint density at radius 1 is 1.26 bits per heavy atom. The highest BCUT2D eigenvalue weighted by atomic mass is 35.5. The van der Waals surface area contributed by atoms with Gasteiger partial charge in [0.15, 0.2) is 0 Å². The first-order chi connectivity index (χ1) is 9.09. The van der Waals surface area contributed by atoms with Crippen LogP contribution in [0.4, 0.5) is 0 Å². The summed E-state index contributed by atoms with van der Waals surface area (Å²) in [6, 6.07) is 4.85. The van der Waals surface area contributed by atoms with E-state index in [4.69, 9.17) is 16.3 Å². The quantitative estimate of drug-likeness (QED) is 0.803. The van der Waals surface area contributed by atoms with Crippen molar-refractivity contribution in [1.29, 1.82) is 0 Å². The van der Waals surface area contributed by atoms with Crippen LogP contribution < -0.4 is 4.74 Å². The van der Waals surface area contributed by atoms with Crippen LogP contribution in [0.3, 0.4) is 0 Å². The first kappa shape index (κ1) is 14.6. The van der Waals surface area contributed by atoms with Crippen molar-refractivity contribution in [3.05, 3.63) is 23.8 Å². The van der Waals surface area contributed by atoms with Crippen molar-refractivity contribution in [1.82, 2.24) is 4.31 Å². The lowest BCUT2D eigenvalue weighted by Gasteiger charge is -2.26. The number of sulfonamides is 1. The van der Waals surface area contributed by atoms with Crippen LogP contribution in [0.25, 0.3) is 0 Å². The van der Waals surface area contributed by atoms with Crippen molar-refractivity contribution in [2.45, 2.75) is 30.0 Å². The van der Waals surface area contributed by atoms with Crippen molar-refractivity contribution < 1.29 is 13.2 Å². The summed E-state index contributed by atoms with van der Waals surface area (Å²) >= 11 is 5.83. The maximum absolute atomic E-state index is 12.5. The molecule has 1 aliphatic rings. The van der Waals surface area contributed by atoms with Crippen LogP contribution in [0.1, 0.15) is 24.8 Å². The van der Waals surface area contributed by atoms with Crippen molar-refractivity contribution >= 4 is 21.6 Å². The summed E-state index contributed by atoms with van der Waals surface area (Å²) in [6.07, 6.45) is 2.96. The summed E-state index contributed by atoms with van der Waals surface area (Å²) in [5.41, 5.74) is 0.697. The maximum Gasteiger partial charge on any atom is 0.243 e. The van der Waals surface area contributed by atoms with Gasteiger partial charge in [0.1, 0.15) is 5.75 Å². The van der Waals surface area contributed by atoms with Gasteiger partial charge in [0.2, 0.25) is 10.0 Å². The first-order valence-electron chi connectivity index (χ1n) is 6.32. The molecule has 0 aliphatic carbocycles. The van der Waals surface area contributed by atoms with Gasteiger partial charge in [0.25, 0.3) is 0 Å². The highest BCUT2D eigenvalue weighted by molar-refractivity contribution is 7.89. The average molecular weight is 304 g/mol. The van der Waals surface area contributed by atoms with Gasteiger partial charge in [0.05, 0.1) is 17.9 Å². The number of alkyl halides is 1. The molecule has 1 aromatic rings. The molecule has 19 heavy (non-hydrogen) atoms. The van der Waals surface area contributed by atoms with E-state index in [9.17, 15) is 8.42 Å². The molecule has 0 aromatic heterocycles. The molecule has 1 aromatic carbocycles. The fourth-order valence-electron chi connectivity index (χ4n) is 2.27. The summed E-state index contributed by atoms with van der Waals surface area (Å²) in [6.45, 7) is 1.20. The lowest BCUT2D eigenvalue weighted by molar-refractivity contribution is 0.346. The van der Waals surface area contributed by atoms with Crippen LogP contribution in [-0.2, 0) is 15.9 Å². The Hall–Kier alpha value is -0.780. The van der Waals surface area contributed by atoms with Gasteiger partial charge in [-0.3, -0.25) is 0 Å². The van der Waals surface area contributed by atoms with Crippen LogP contribution in [0, 0.1) is 0 Å². The summed E-state index contributed by atoms with van der Waals surface area (Å²) in [5.74, 6) is 0.847. The molecule has 0 radical (unpaired) electrons. The van der Waals surface area contributed by atoms with Crippen molar-refractivity contribution in [2.24, 2.45) is 0 Å². The number of ether oxygens (including phenoxy) is 1. The average Bonchev–Trinajstić information content (AvgIpc) is 2.47. The first-order valence-corrected chi connectivity index (χ1v) is 8.30. The van der Waals surface area contributed by atoms with E-state index in [1.165, 1.54) is 0 Å². The largest absolute Gasteiger partial charge is 0.496 e. The smallest absolute Gasteiger partial charge is 0.243 e. The van der Waals surface area contributed by atoms with E-state index in [1.807, 2.05) is 0 Å². The van der Waals surface area contributed by atoms with Crippen LogP contribution in [-0.4, -0.2) is 32.9 Å². The Morgan fingerprint density at radius 3 is 2.53 bits per heavy atom. The minimum Gasteiger partial charge on any atom is -0.496 e. The van der Waals surface area contributed by atoms with Gasteiger partial charge in [-0.2, -0.15) is 4.31 Å². The minimum atomic E-state index is -3.40. The standard InChI is InChI=1S/C13H18ClNO3S/c1-18-13-6-5-12(9-11(13)10-14)19(16,17)15-7-3-2-4-8-15/h5-6,9H,2-4,7-8,10H2,1H3. The summed E-state index contributed by atoms with van der Waals surface area (Å²) in [4.78, 5) is 0.297. The minimum absolute atomic E-state index is 0.229. The number of halogens is 1. The molecule has 1 aliphatic heterocycles. The Bertz CT molecular complexity index is 539. The summed E-state index contributed by atoms with van der Waals surface area (Å²) in [5, 5.41) is 0. The van der Waals surface area contributed by atoms with E-state index >= 15 is 0 Å². The molecule has 106 valence electrons. The molecule has 0 spiro atoms. The number of methoxy groups -OCH3 is 1. The molecule has 1 heterocycles. The van der Waals surface area contributed by atoms with E-state index < -0.39 is 10.0 Å². The maximum atomic E-state index is 12.5. The monoisotopic (exact) mass is 303 g/mol. The fraction of sp³-hybridized carbons (Fsp3) is 0.538. The topological polar surface area (TPSA) is 46.6 Å². The SMILES string of the molecule is COc1ccc(S(=O)(=O)N2CCCCC2)cc1CCl. The fourth-order valence-corrected chi connectivity index (χ4v) is 4.05. The highest BCUT2D eigenvalue weighted by Gasteiger charge is 2.26. The lowest BCUT2D eigenvalue weighted by atomic mass is 10.2. The van der Waals surface area contributed by atoms with E-state index in [0.29, 0.717) is 29.3 Å². The normalized spacial score (nSPS) is 17.4. The molecule has 6 heteroatoms. The molecule has 0 saturated carbocycles. The zero-order chi connectivity index (χ0) is 13.9. The number of rotatable bonds is 4. The summed E-state index contributed by atoms with van der Waals surface area (Å²) in [7, 11) is -1.85. The third-order valence-corrected chi connectivity index (χ3v) is 5.53. The van der Waals surface area contributed by atoms with Gasteiger partial charge in [-0.05, 0) is 31.0 Å². The molecule has 0 amide bonds. The Morgan fingerprint density at radius 2 is 1.95 bits per heavy atom. The molecule has 4 nitrogen and oxygen atoms in total. The van der Waals surface area contributed by atoms with E-state index in [2.05, 4.69) is 0 Å². The van der Waals surface area contributed by atoms with E-state index in [1.54, 1.807) is 29.6 Å². The molecule has 1 fully saturated rings. The second kappa shape index (κ2) is 6.11. The number of piperidine rings is 1. The Kier molecular flexibility index (Phi) is 4.71. The predicted octanol–water partition coefficient (Wildman–Crippen LogP) is 2.61. The van der Waals surface area contributed by atoms with Crippen molar-refractivity contribution in [3.8, 4) is 5.75 Å². The molecule has 0 unspecified atom stereocenters. The lowest BCUT2D eigenvalue weighted by Crippen LogP contribution is -2.35. The van der Waals surface area contributed by atoms with Crippen LogP contribution >= 0.6 is 11.6 Å². The Balaban J connectivity index is 2.34. The molecular formula is C13H18ClNO3S. The molecule has 2 rings (SSSR count). The third-order valence-electron chi connectivity index (χ3n) is 3.35. The molecule has 0 atom stereocenters. The highest BCUT2D eigenvalue weighted by Crippen LogP contribution is 2.27. The number of hydrogen-bond donors (Lipinski definition) is 0. The van der Waals surface area contributed by atoms with Gasteiger partial charge >= 0.3 is 0 Å². The van der Waals surface area contributed by atoms with Gasteiger partial charge < -0.3 is 4.74 Å². The zero-order valence-electron chi connectivity index (χ0n) is 10.9. The molecule has 1 saturated heterocycles. The number of hydrogen-bond acceptors (Lipinski definition) is 3.